The molecule has 0 radical (unpaired) electrons. The molecule has 3 N–H and O–H groups in total. The van der Waals surface area contributed by atoms with Gasteiger partial charge < -0.3 is 11.1 Å². The van der Waals surface area contributed by atoms with Crippen molar-refractivity contribution >= 4 is 17.2 Å². The molecule has 112 valence electrons. The molecule has 3 unspecified atom stereocenters. The maximum Gasteiger partial charge on any atom is 0.217 e. The molecule has 1 aliphatic rings. The van der Waals surface area contributed by atoms with E-state index in [1.807, 2.05) is 11.3 Å². The van der Waals surface area contributed by atoms with Gasteiger partial charge in [0, 0.05) is 41.9 Å². The minimum absolute atomic E-state index is 0.0557. The molecule has 1 aromatic rings. The van der Waals surface area contributed by atoms with E-state index < -0.39 is 0 Å². The van der Waals surface area contributed by atoms with Gasteiger partial charge in [-0.15, -0.1) is 11.3 Å². The lowest BCUT2D eigenvalue weighted by Crippen LogP contribution is -2.41. The predicted molar refractivity (Wildman–Crippen MR) is 83.9 cm³/mol. The van der Waals surface area contributed by atoms with Crippen molar-refractivity contribution in [3.05, 3.63) is 21.9 Å². The van der Waals surface area contributed by atoms with Gasteiger partial charge in [-0.1, -0.05) is 6.92 Å². The second-order valence-electron chi connectivity index (χ2n) is 5.65. The minimum Gasteiger partial charge on any atom is -0.352 e. The number of amides is 1. The van der Waals surface area contributed by atoms with Crippen LogP contribution in [0.2, 0.25) is 0 Å². The van der Waals surface area contributed by atoms with Crippen molar-refractivity contribution in [3.63, 3.8) is 0 Å². The lowest BCUT2D eigenvalue weighted by Gasteiger charge is -2.31. The summed E-state index contributed by atoms with van der Waals surface area (Å²) < 4.78 is 0. The quantitative estimate of drug-likeness (QED) is 0.874. The average molecular weight is 295 g/mol. The third-order valence-electron chi connectivity index (χ3n) is 3.95. The molecule has 20 heavy (non-hydrogen) atoms. The number of nitrogens with two attached hydrogens (primary N) is 1. The molecule has 2 heterocycles. The smallest absolute Gasteiger partial charge is 0.217 e. The fraction of sp³-hybridized carbons (Fsp3) is 0.667. The third kappa shape index (κ3) is 3.59. The lowest BCUT2D eigenvalue weighted by molar-refractivity contribution is -0.119. The number of aryl methyl sites for hydroxylation is 1. The molecule has 1 amide bonds. The van der Waals surface area contributed by atoms with Gasteiger partial charge >= 0.3 is 0 Å². The van der Waals surface area contributed by atoms with Gasteiger partial charge in [0.2, 0.25) is 5.91 Å². The highest BCUT2D eigenvalue weighted by molar-refractivity contribution is 7.12. The van der Waals surface area contributed by atoms with Gasteiger partial charge in [-0.25, -0.2) is 0 Å². The van der Waals surface area contributed by atoms with Crippen LogP contribution in [-0.4, -0.2) is 36.0 Å². The van der Waals surface area contributed by atoms with E-state index in [0.29, 0.717) is 0 Å². The van der Waals surface area contributed by atoms with Crippen molar-refractivity contribution in [2.45, 2.75) is 51.7 Å². The van der Waals surface area contributed by atoms with Crippen LogP contribution >= 0.6 is 11.3 Å². The molecule has 1 saturated heterocycles. The van der Waals surface area contributed by atoms with Gasteiger partial charge in [-0.3, -0.25) is 9.69 Å². The monoisotopic (exact) mass is 295 g/mol. The molecule has 2 rings (SSSR count). The fourth-order valence-corrected chi connectivity index (χ4v) is 4.03. The van der Waals surface area contributed by atoms with E-state index in [1.54, 1.807) is 6.92 Å². The van der Waals surface area contributed by atoms with E-state index >= 15 is 0 Å². The Morgan fingerprint density at radius 3 is 2.90 bits per heavy atom. The predicted octanol–water partition coefficient (Wildman–Crippen LogP) is 2.05. The highest BCUT2D eigenvalue weighted by atomic mass is 32.1. The molecule has 0 aliphatic carbocycles. The molecular weight excluding hydrogens is 270 g/mol. The number of carbonyl (C=O) groups is 1. The summed E-state index contributed by atoms with van der Waals surface area (Å²) in [7, 11) is 0. The van der Waals surface area contributed by atoms with Gasteiger partial charge in [-0.05, 0) is 31.9 Å². The first-order valence-corrected chi connectivity index (χ1v) is 8.16. The van der Waals surface area contributed by atoms with Gasteiger partial charge in [0.05, 0.1) is 6.04 Å². The van der Waals surface area contributed by atoms with Crippen LogP contribution in [-0.2, 0) is 4.79 Å². The molecule has 0 saturated carbocycles. The number of hydrogen-bond donors (Lipinski definition) is 2. The Balaban J connectivity index is 2.10. The zero-order valence-corrected chi connectivity index (χ0v) is 13.4. The SMILES string of the molecule is CCC(N)C(c1ccc(C)s1)N1CCC(NC(C)=O)C1. The number of rotatable bonds is 5. The van der Waals surface area contributed by atoms with E-state index in [2.05, 4.69) is 36.2 Å². The largest absolute Gasteiger partial charge is 0.352 e. The molecule has 4 nitrogen and oxygen atoms in total. The van der Waals surface area contributed by atoms with Crippen molar-refractivity contribution in [1.29, 1.82) is 0 Å². The van der Waals surface area contributed by atoms with Gasteiger partial charge in [-0.2, -0.15) is 0 Å². The molecule has 1 aromatic heterocycles. The van der Waals surface area contributed by atoms with Crippen LogP contribution in [0.1, 0.15) is 42.5 Å². The second kappa shape index (κ2) is 6.70. The Labute approximate surface area is 125 Å². The van der Waals surface area contributed by atoms with Crippen molar-refractivity contribution in [2.24, 2.45) is 5.73 Å². The van der Waals surface area contributed by atoms with E-state index in [4.69, 9.17) is 5.73 Å². The second-order valence-corrected chi connectivity index (χ2v) is 6.97. The maximum absolute atomic E-state index is 11.2. The van der Waals surface area contributed by atoms with E-state index in [1.165, 1.54) is 9.75 Å². The first kappa shape index (κ1) is 15.5. The summed E-state index contributed by atoms with van der Waals surface area (Å²) >= 11 is 1.83. The first-order valence-electron chi connectivity index (χ1n) is 7.34. The summed E-state index contributed by atoms with van der Waals surface area (Å²) in [6, 6.07) is 5.05. The highest BCUT2D eigenvalue weighted by Gasteiger charge is 2.33. The molecule has 0 aromatic carbocycles. The van der Waals surface area contributed by atoms with Crippen molar-refractivity contribution < 1.29 is 4.79 Å². The molecule has 0 spiro atoms. The Morgan fingerprint density at radius 1 is 1.60 bits per heavy atom. The molecular formula is C15H25N3OS. The third-order valence-corrected chi connectivity index (χ3v) is 5.02. The standard InChI is InChI=1S/C15H25N3OS/c1-4-13(16)15(14-6-5-10(2)20-14)18-8-7-12(9-18)17-11(3)19/h5-6,12-13,15H,4,7-9,16H2,1-3H3,(H,17,19). The Bertz CT molecular complexity index is 460. The van der Waals surface area contributed by atoms with E-state index in [9.17, 15) is 4.79 Å². The van der Waals surface area contributed by atoms with Crippen LogP contribution in [0.5, 0.6) is 0 Å². The summed E-state index contributed by atoms with van der Waals surface area (Å²) in [5.74, 6) is 0.0557. The number of carbonyl (C=O) groups excluding carboxylic acids is 1. The summed E-state index contributed by atoms with van der Waals surface area (Å²) in [5, 5.41) is 3.02. The molecule has 3 atom stereocenters. The van der Waals surface area contributed by atoms with Crippen molar-refractivity contribution in [2.75, 3.05) is 13.1 Å². The van der Waals surface area contributed by atoms with Crippen LogP contribution in [0.4, 0.5) is 0 Å². The lowest BCUT2D eigenvalue weighted by atomic mass is 10.0. The summed E-state index contributed by atoms with van der Waals surface area (Å²) in [6.07, 6.45) is 1.97. The number of hydrogen-bond acceptors (Lipinski definition) is 4. The molecule has 1 fully saturated rings. The summed E-state index contributed by atoms with van der Waals surface area (Å²) in [6.45, 7) is 7.75. The molecule has 5 heteroatoms. The van der Waals surface area contributed by atoms with Crippen LogP contribution in [0.25, 0.3) is 0 Å². The zero-order valence-electron chi connectivity index (χ0n) is 12.6. The zero-order chi connectivity index (χ0) is 14.7. The average Bonchev–Trinajstić information content (AvgIpc) is 2.99. The van der Waals surface area contributed by atoms with E-state index in [-0.39, 0.29) is 24.0 Å². The maximum atomic E-state index is 11.2. The first-order chi connectivity index (χ1) is 9.51. The number of thiophene rings is 1. The Hall–Kier alpha value is -0.910. The topological polar surface area (TPSA) is 58.4 Å². The molecule has 0 bridgehead atoms. The van der Waals surface area contributed by atoms with Crippen LogP contribution in [0, 0.1) is 6.92 Å². The normalized spacial score (nSPS) is 22.7. The van der Waals surface area contributed by atoms with Gasteiger partial charge in [0.25, 0.3) is 0 Å². The summed E-state index contributed by atoms with van der Waals surface area (Å²) in [5.41, 5.74) is 6.36. The number of likely N-dealkylation sites (tertiary alicyclic amines) is 1. The minimum atomic E-state index is 0.0557. The molecule has 1 aliphatic heterocycles. The van der Waals surface area contributed by atoms with Crippen molar-refractivity contribution in [1.82, 2.24) is 10.2 Å². The van der Waals surface area contributed by atoms with E-state index in [0.717, 1.165) is 25.9 Å². The number of nitrogens with one attached hydrogen (secondary N) is 1. The van der Waals surface area contributed by atoms with Gasteiger partial charge in [0.1, 0.15) is 0 Å². The van der Waals surface area contributed by atoms with Crippen molar-refractivity contribution in [3.8, 4) is 0 Å². The van der Waals surface area contributed by atoms with Crippen LogP contribution in [0.3, 0.4) is 0 Å². The fourth-order valence-electron chi connectivity index (χ4n) is 2.94. The Kier molecular flexibility index (Phi) is 5.18. The highest BCUT2D eigenvalue weighted by Crippen LogP contribution is 2.33. The van der Waals surface area contributed by atoms with Crippen LogP contribution < -0.4 is 11.1 Å². The van der Waals surface area contributed by atoms with Gasteiger partial charge in [0.15, 0.2) is 0 Å². The summed E-state index contributed by atoms with van der Waals surface area (Å²) in [4.78, 5) is 16.3. The van der Waals surface area contributed by atoms with Crippen LogP contribution in [0.15, 0.2) is 12.1 Å². The Morgan fingerprint density at radius 2 is 2.35 bits per heavy atom. The number of nitrogens with zero attached hydrogens (tertiary/aromatic N) is 1.